The number of allylic oxidation sites excluding steroid dienone is 1. The zero-order valence-corrected chi connectivity index (χ0v) is 8.38. The number of hydrogen-bond donors (Lipinski definition) is 1. The Balaban J connectivity index is 3.85. The molecule has 0 aromatic carbocycles. The summed E-state index contributed by atoms with van der Waals surface area (Å²) in [5.74, 6) is -0.350. The van der Waals surface area contributed by atoms with Gasteiger partial charge in [-0.2, -0.15) is 0 Å². The van der Waals surface area contributed by atoms with E-state index in [9.17, 15) is 9.90 Å². The standard InChI is InChI=1S/C10H18O3/c1-4-6-7-10(3,12)8-9(11)13-5-2/h4,12H,1,5-8H2,2-3H3. The van der Waals surface area contributed by atoms with Crippen LogP contribution in [0.2, 0.25) is 0 Å². The first-order valence-corrected chi connectivity index (χ1v) is 4.50. The Morgan fingerprint density at radius 3 is 2.77 bits per heavy atom. The maximum Gasteiger partial charge on any atom is 0.308 e. The fourth-order valence-corrected chi connectivity index (χ4v) is 1.02. The van der Waals surface area contributed by atoms with Crippen molar-refractivity contribution in [3.63, 3.8) is 0 Å². The van der Waals surface area contributed by atoms with E-state index in [-0.39, 0.29) is 12.4 Å². The summed E-state index contributed by atoms with van der Waals surface area (Å²) in [6.45, 7) is 7.29. The third-order valence-electron chi connectivity index (χ3n) is 1.72. The fourth-order valence-electron chi connectivity index (χ4n) is 1.02. The van der Waals surface area contributed by atoms with E-state index in [4.69, 9.17) is 4.74 Å². The predicted octanol–water partition coefficient (Wildman–Crippen LogP) is 1.66. The monoisotopic (exact) mass is 186 g/mol. The van der Waals surface area contributed by atoms with Crippen molar-refractivity contribution in [3.8, 4) is 0 Å². The summed E-state index contributed by atoms with van der Waals surface area (Å²) in [6, 6.07) is 0. The highest BCUT2D eigenvalue weighted by Gasteiger charge is 2.23. The van der Waals surface area contributed by atoms with Gasteiger partial charge in [0.25, 0.3) is 0 Å². The first-order valence-electron chi connectivity index (χ1n) is 4.50. The fraction of sp³-hybridized carbons (Fsp3) is 0.700. The Kier molecular flexibility index (Phi) is 5.39. The Morgan fingerprint density at radius 1 is 1.69 bits per heavy atom. The lowest BCUT2D eigenvalue weighted by molar-refractivity contribution is -0.148. The van der Waals surface area contributed by atoms with Crippen molar-refractivity contribution in [2.75, 3.05) is 6.61 Å². The van der Waals surface area contributed by atoms with E-state index in [2.05, 4.69) is 6.58 Å². The molecule has 0 aliphatic carbocycles. The zero-order chi connectivity index (χ0) is 10.3. The highest BCUT2D eigenvalue weighted by atomic mass is 16.5. The highest BCUT2D eigenvalue weighted by Crippen LogP contribution is 2.17. The molecule has 13 heavy (non-hydrogen) atoms. The number of esters is 1. The maximum absolute atomic E-state index is 11.0. The number of ether oxygens (including phenoxy) is 1. The van der Waals surface area contributed by atoms with E-state index >= 15 is 0 Å². The van der Waals surface area contributed by atoms with Crippen molar-refractivity contribution >= 4 is 5.97 Å². The molecule has 0 aliphatic heterocycles. The van der Waals surface area contributed by atoms with E-state index in [1.54, 1.807) is 19.9 Å². The molecule has 0 aromatic heterocycles. The van der Waals surface area contributed by atoms with Gasteiger partial charge >= 0.3 is 5.97 Å². The van der Waals surface area contributed by atoms with E-state index in [1.165, 1.54) is 0 Å². The summed E-state index contributed by atoms with van der Waals surface area (Å²) in [5, 5.41) is 9.69. The topological polar surface area (TPSA) is 46.5 Å². The van der Waals surface area contributed by atoms with E-state index in [0.717, 1.165) is 0 Å². The van der Waals surface area contributed by atoms with Gasteiger partial charge in [0, 0.05) is 0 Å². The van der Waals surface area contributed by atoms with Crippen LogP contribution in [0.15, 0.2) is 12.7 Å². The molecule has 0 fully saturated rings. The van der Waals surface area contributed by atoms with E-state index < -0.39 is 5.60 Å². The second-order valence-corrected chi connectivity index (χ2v) is 3.31. The van der Waals surface area contributed by atoms with Crippen LogP contribution in [0.1, 0.15) is 33.1 Å². The van der Waals surface area contributed by atoms with Crippen molar-refractivity contribution in [3.05, 3.63) is 12.7 Å². The van der Waals surface area contributed by atoms with Crippen molar-refractivity contribution in [1.82, 2.24) is 0 Å². The molecule has 76 valence electrons. The minimum Gasteiger partial charge on any atom is -0.466 e. The van der Waals surface area contributed by atoms with Crippen LogP contribution < -0.4 is 0 Å². The van der Waals surface area contributed by atoms with Crippen LogP contribution in [-0.2, 0) is 9.53 Å². The number of hydrogen-bond acceptors (Lipinski definition) is 3. The van der Waals surface area contributed by atoms with Crippen LogP contribution in [0, 0.1) is 0 Å². The molecule has 0 amide bonds. The van der Waals surface area contributed by atoms with Crippen molar-refractivity contribution in [2.45, 2.75) is 38.7 Å². The summed E-state index contributed by atoms with van der Waals surface area (Å²) < 4.78 is 4.73. The smallest absolute Gasteiger partial charge is 0.308 e. The van der Waals surface area contributed by atoms with E-state index in [1.807, 2.05) is 0 Å². The molecule has 0 saturated carbocycles. The Labute approximate surface area is 79.4 Å². The van der Waals surface area contributed by atoms with Crippen LogP contribution in [-0.4, -0.2) is 23.3 Å². The average molecular weight is 186 g/mol. The largest absolute Gasteiger partial charge is 0.466 e. The third-order valence-corrected chi connectivity index (χ3v) is 1.72. The second-order valence-electron chi connectivity index (χ2n) is 3.31. The Hall–Kier alpha value is -0.830. The third kappa shape index (κ3) is 6.34. The quantitative estimate of drug-likeness (QED) is 0.507. The first kappa shape index (κ1) is 12.2. The van der Waals surface area contributed by atoms with Crippen LogP contribution in [0.25, 0.3) is 0 Å². The van der Waals surface area contributed by atoms with Crippen molar-refractivity contribution < 1.29 is 14.6 Å². The summed E-state index contributed by atoms with van der Waals surface area (Å²) in [5.41, 5.74) is -0.972. The van der Waals surface area contributed by atoms with Crippen LogP contribution in [0.3, 0.4) is 0 Å². The molecule has 0 radical (unpaired) electrons. The van der Waals surface area contributed by atoms with Crippen molar-refractivity contribution in [1.29, 1.82) is 0 Å². The highest BCUT2D eigenvalue weighted by molar-refractivity contribution is 5.70. The van der Waals surface area contributed by atoms with Crippen LogP contribution in [0.4, 0.5) is 0 Å². The molecular formula is C10H18O3. The molecule has 0 aliphatic rings. The second kappa shape index (κ2) is 5.75. The molecule has 1 N–H and O–H groups in total. The minimum absolute atomic E-state index is 0.0503. The summed E-state index contributed by atoms with van der Waals surface area (Å²) >= 11 is 0. The molecule has 0 bridgehead atoms. The number of carbonyl (C=O) groups excluding carboxylic acids is 1. The molecule has 3 heteroatoms. The Bertz CT molecular complexity index is 173. The summed E-state index contributed by atoms with van der Waals surface area (Å²) in [4.78, 5) is 11.0. The van der Waals surface area contributed by atoms with Gasteiger partial charge in [-0.25, -0.2) is 0 Å². The van der Waals surface area contributed by atoms with Gasteiger partial charge in [-0.15, -0.1) is 6.58 Å². The van der Waals surface area contributed by atoms with Crippen molar-refractivity contribution in [2.24, 2.45) is 0 Å². The molecule has 3 nitrogen and oxygen atoms in total. The minimum atomic E-state index is -0.972. The average Bonchev–Trinajstić information content (AvgIpc) is 2.00. The first-order chi connectivity index (χ1) is 6.02. The number of rotatable bonds is 6. The molecular weight excluding hydrogens is 168 g/mol. The predicted molar refractivity (Wildman–Crippen MR) is 51.3 cm³/mol. The molecule has 0 heterocycles. The molecule has 0 saturated heterocycles. The van der Waals surface area contributed by atoms with Gasteiger partial charge < -0.3 is 9.84 Å². The van der Waals surface area contributed by atoms with Gasteiger partial charge in [-0.05, 0) is 26.7 Å². The molecule has 0 rings (SSSR count). The SMILES string of the molecule is C=CCCC(C)(O)CC(=O)OCC. The lowest BCUT2D eigenvalue weighted by Gasteiger charge is -2.20. The maximum atomic E-state index is 11.0. The van der Waals surface area contributed by atoms with Crippen LogP contribution >= 0.6 is 0 Å². The Morgan fingerprint density at radius 2 is 2.31 bits per heavy atom. The van der Waals surface area contributed by atoms with Crippen LogP contribution in [0.5, 0.6) is 0 Å². The van der Waals surface area contributed by atoms with E-state index in [0.29, 0.717) is 19.4 Å². The van der Waals surface area contributed by atoms with Gasteiger partial charge in [-0.3, -0.25) is 4.79 Å². The van der Waals surface area contributed by atoms with Gasteiger partial charge in [-0.1, -0.05) is 6.08 Å². The molecule has 0 aromatic rings. The zero-order valence-electron chi connectivity index (χ0n) is 8.38. The van der Waals surface area contributed by atoms with Gasteiger partial charge in [0.05, 0.1) is 18.6 Å². The van der Waals surface area contributed by atoms with Gasteiger partial charge in [0.1, 0.15) is 0 Å². The summed E-state index contributed by atoms with van der Waals surface area (Å²) in [7, 11) is 0. The molecule has 0 spiro atoms. The number of aliphatic hydroxyl groups is 1. The normalized spacial score (nSPS) is 14.7. The lowest BCUT2D eigenvalue weighted by Crippen LogP contribution is -2.28. The number of carbonyl (C=O) groups is 1. The molecule has 1 atom stereocenters. The van der Waals surface area contributed by atoms with Gasteiger partial charge in [0.2, 0.25) is 0 Å². The molecule has 1 unspecified atom stereocenters. The summed E-state index contributed by atoms with van der Waals surface area (Å²) in [6.07, 6.45) is 3.01. The lowest BCUT2D eigenvalue weighted by atomic mass is 9.96. The van der Waals surface area contributed by atoms with Gasteiger partial charge in [0.15, 0.2) is 0 Å².